The summed E-state index contributed by atoms with van der Waals surface area (Å²) in [6.07, 6.45) is 6.76. The van der Waals surface area contributed by atoms with Crippen molar-refractivity contribution < 1.29 is 14.3 Å². The molecule has 1 N–H and O–H groups in total. The fourth-order valence-electron chi connectivity index (χ4n) is 2.22. The number of hydrogen-bond donors (Lipinski definition) is 1. The molecule has 0 saturated carbocycles. The molecule has 0 aliphatic carbocycles. The first-order valence-electron chi connectivity index (χ1n) is 7.29. The van der Waals surface area contributed by atoms with Crippen molar-refractivity contribution in [3.05, 3.63) is 0 Å². The van der Waals surface area contributed by atoms with Crippen LogP contribution in [0.15, 0.2) is 0 Å². The van der Waals surface area contributed by atoms with Crippen LogP contribution in [0.2, 0.25) is 0 Å². The van der Waals surface area contributed by atoms with Gasteiger partial charge in [0.15, 0.2) is 0 Å². The van der Waals surface area contributed by atoms with Gasteiger partial charge in [0, 0.05) is 13.2 Å². The Balaban J connectivity index is 2.29. The lowest BCUT2D eigenvalue weighted by molar-refractivity contribution is -0.146. The maximum Gasteiger partial charge on any atom is 0.323 e. The predicted molar refractivity (Wildman–Crippen MR) is 71.5 cm³/mol. The summed E-state index contributed by atoms with van der Waals surface area (Å²) < 4.78 is 10.7. The average molecular weight is 257 g/mol. The topological polar surface area (TPSA) is 47.6 Å². The highest BCUT2D eigenvalue weighted by Crippen LogP contribution is 2.12. The van der Waals surface area contributed by atoms with Crippen LogP contribution in [0.25, 0.3) is 0 Å². The summed E-state index contributed by atoms with van der Waals surface area (Å²) in [5.41, 5.74) is 0. The Morgan fingerprint density at radius 3 is 2.89 bits per heavy atom. The fourth-order valence-corrected chi connectivity index (χ4v) is 2.22. The highest BCUT2D eigenvalue weighted by atomic mass is 16.5. The third-order valence-electron chi connectivity index (χ3n) is 3.28. The van der Waals surface area contributed by atoms with E-state index in [9.17, 15) is 4.79 Å². The van der Waals surface area contributed by atoms with Gasteiger partial charge in [-0.05, 0) is 26.2 Å². The lowest BCUT2D eigenvalue weighted by Gasteiger charge is -2.19. The molecule has 0 radical (unpaired) electrons. The molecule has 4 nitrogen and oxygen atoms in total. The van der Waals surface area contributed by atoms with E-state index in [1.807, 2.05) is 6.92 Å². The second kappa shape index (κ2) is 9.34. The molecule has 1 heterocycles. The Morgan fingerprint density at radius 1 is 1.44 bits per heavy atom. The molecule has 1 fully saturated rings. The lowest BCUT2D eigenvalue weighted by atomic mass is 10.1. The van der Waals surface area contributed by atoms with Crippen LogP contribution in [-0.2, 0) is 14.3 Å². The van der Waals surface area contributed by atoms with Crippen molar-refractivity contribution in [3.63, 3.8) is 0 Å². The Kier molecular flexibility index (Phi) is 8.01. The molecule has 4 heteroatoms. The van der Waals surface area contributed by atoms with Crippen molar-refractivity contribution >= 4 is 5.97 Å². The van der Waals surface area contributed by atoms with Crippen LogP contribution in [0.5, 0.6) is 0 Å². The average Bonchev–Trinajstić information content (AvgIpc) is 2.87. The molecule has 1 saturated heterocycles. The SMILES string of the molecule is CCCCCC(NCC1CCCO1)C(=O)OCC. The predicted octanol–water partition coefficient (Wildman–Crippen LogP) is 2.27. The summed E-state index contributed by atoms with van der Waals surface area (Å²) >= 11 is 0. The fraction of sp³-hybridized carbons (Fsp3) is 0.929. The van der Waals surface area contributed by atoms with E-state index >= 15 is 0 Å². The molecule has 18 heavy (non-hydrogen) atoms. The number of esters is 1. The summed E-state index contributed by atoms with van der Waals surface area (Å²) in [5.74, 6) is -0.119. The highest BCUT2D eigenvalue weighted by molar-refractivity contribution is 5.75. The number of carbonyl (C=O) groups is 1. The summed E-state index contributed by atoms with van der Waals surface area (Å²) in [6, 6.07) is -0.166. The Hall–Kier alpha value is -0.610. The second-order valence-electron chi connectivity index (χ2n) is 4.84. The summed E-state index contributed by atoms with van der Waals surface area (Å²) in [6.45, 7) is 6.08. The van der Waals surface area contributed by atoms with Crippen molar-refractivity contribution in [3.8, 4) is 0 Å². The van der Waals surface area contributed by atoms with E-state index in [4.69, 9.17) is 9.47 Å². The minimum absolute atomic E-state index is 0.119. The van der Waals surface area contributed by atoms with Gasteiger partial charge in [0.2, 0.25) is 0 Å². The van der Waals surface area contributed by atoms with Crippen molar-refractivity contribution in [2.75, 3.05) is 19.8 Å². The van der Waals surface area contributed by atoms with Gasteiger partial charge >= 0.3 is 5.97 Å². The zero-order valence-electron chi connectivity index (χ0n) is 11.7. The number of hydrogen-bond acceptors (Lipinski definition) is 4. The van der Waals surface area contributed by atoms with Crippen molar-refractivity contribution in [1.82, 2.24) is 5.32 Å². The van der Waals surface area contributed by atoms with Gasteiger partial charge in [-0.25, -0.2) is 0 Å². The number of unbranched alkanes of at least 4 members (excludes halogenated alkanes) is 2. The normalized spacial score (nSPS) is 20.9. The van der Waals surface area contributed by atoms with E-state index in [1.54, 1.807) is 0 Å². The molecule has 0 aromatic rings. The van der Waals surface area contributed by atoms with Crippen molar-refractivity contribution in [2.24, 2.45) is 0 Å². The quantitative estimate of drug-likeness (QED) is 0.508. The minimum Gasteiger partial charge on any atom is -0.465 e. The van der Waals surface area contributed by atoms with Gasteiger partial charge in [0.1, 0.15) is 6.04 Å². The van der Waals surface area contributed by atoms with Crippen LogP contribution in [0.1, 0.15) is 52.4 Å². The van der Waals surface area contributed by atoms with Gasteiger partial charge in [-0.15, -0.1) is 0 Å². The van der Waals surface area contributed by atoms with E-state index in [0.717, 1.165) is 45.3 Å². The van der Waals surface area contributed by atoms with Crippen LogP contribution in [0, 0.1) is 0 Å². The van der Waals surface area contributed by atoms with E-state index in [2.05, 4.69) is 12.2 Å². The maximum absolute atomic E-state index is 11.8. The molecule has 1 rings (SSSR count). The molecule has 106 valence electrons. The maximum atomic E-state index is 11.8. The smallest absolute Gasteiger partial charge is 0.323 e. The molecule has 0 aromatic carbocycles. The van der Waals surface area contributed by atoms with Gasteiger partial charge < -0.3 is 14.8 Å². The molecular weight excluding hydrogens is 230 g/mol. The van der Waals surface area contributed by atoms with Crippen LogP contribution in [0.4, 0.5) is 0 Å². The zero-order valence-corrected chi connectivity index (χ0v) is 11.7. The van der Waals surface area contributed by atoms with E-state index in [1.165, 1.54) is 6.42 Å². The van der Waals surface area contributed by atoms with Gasteiger partial charge in [-0.2, -0.15) is 0 Å². The largest absolute Gasteiger partial charge is 0.465 e. The van der Waals surface area contributed by atoms with E-state index < -0.39 is 0 Å². The van der Waals surface area contributed by atoms with Gasteiger partial charge in [-0.1, -0.05) is 26.2 Å². The molecule has 1 aliphatic heterocycles. The number of ether oxygens (including phenoxy) is 2. The third-order valence-corrected chi connectivity index (χ3v) is 3.28. The lowest BCUT2D eigenvalue weighted by Crippen LogP contribution is -2.41. The van der Waals surface area contributed by atoms with E-state index in [-0.39, 0.29) is 18.1 Å². The molecular formula is C14H27NO3. The van der Waals surface area contributed by atoms with E-state index in [0.29, 0.717) is 6.61 Å². The number of rotatable bonds is 9. The first kappa shape index (κ1) is 15.4. The molecule has 1 aliphatic rings. The number of carbonyl (C=O) groups excluding carboxylic acids is 1. The van der Waals surface area contributed by atoms with Crippen LogP contribution in [0.3, 0.4) is 0 Å². The Labute approximate surface area is 110 Å². The monoisotopic (exact) mass is 257 g/mol. The molecule has 0 bridgehead atoms. The van der Waals surface area contributed by atoms with Crippen LogP contribution < -0.4 is 5.32 Å². The third kappa shape index (κ3) is 5.83. The summed E-state index contributed by atoms with van der Waals surface area (Å²) in [7, 11) is 0. The second-order valence-corrected chi connectivity index (χ2v) is 4.84. The molecule has 0 aromatic heterocycles. The minimum atomic E-state index is -0.166. The summed E-state index contributed by atoms with van der Waals surface area (Å²) in [4.78, 5) is 11.8. The van der Waals surface area contributed by atoms with Gasteiger partial charge in [-0.3, -0.25) is 4.79 Å². The molecule has 0 amide bonds. The van der Waals surface area contributed by atoms with Crippen molar-refractivity contribution in [1.29, 1.82) is 0 Å². The zero-order chi connectivity index (χ0) is 13.2. The summed E-state index contributed by atoms with van der Waals surface area (Å²) in [5, 5.41) is 3.31. The standard InChI is InChI=1S/C14H27NO3/c1-3-5-6-9-13(14(16)17-4-2)15-11-12-8-7-10-18-12/h12-13,15H,3-11H2,1-2H3. The van der Waals surface area contributed by atoms with Gasteiger partial charge in [0.25, 0.3) is 0 Å². The Morgan fingerprint density at radius 2 is 2.28 bits per heavy atom. The highest BCUT2D eigenvalue weighted by Gasteiger charge is 2.22. The van der Waals surface area contributed by atoms with Crippen molar-refractivity contribution in [2.45, 2.75) is 64.5 Å². The Bertz CT molecular complexity index is 227. The molecule has 2 atom stereocenters. The van der Waals surface area contributed by atoms with Crippen LogP contribution in [-0.4, -0.2) is 37.9 Å². The van der Waals surface area contributed by atoms with Gasteiger partial charge in [0.05, 0.1) is 12.7 Å². The first-order chi connectivity index (χ1) is 8.77. The molecule has 0 spiro atoms. The molecule has 2 unspecified atom stereocenters. The number of nitrogens with one attached hydrogen (secondary N) is 1. The first-order valence-corrected chi connectivity index (χ1v) is 7.29. The van der Waals surface area contributed by atoms with Crippen LogP contribution >= 0.6 is 0 Å².